The van der Waals surface area contributed by atoms with Crippen LogP contribution >= 0.6 is 0 Å². The number of hydrogen-bond donors (Lipinski definition) is 0. The largest absolute Gasteiger partial charge is 0.512 e. The van der Waals surface area contributed by atoms with E-state index in [0.717, 1.165) is 0 Å². The molecule has 1 radical (unpaired) electrons. The first-order valence-electron chi connectivity index (χ1n) is 1.38. The summed E-state index contributed by atoms with van der Waals surface area (Å²) in [4.78, 5) is 0. The van der Waals surface area contributed by atoms with Gasteiger partial charge in [0.2, 0.25) is 0 Å². The topological polar surface area (TPSA) is 23.8 Å². The molecule has 0 spiro atoms. The van der Waals surface area contributed by atoms with E-state index >= 15 is 0 Å². The first-order chi connectivity index (χ1) is 2.41. The number of nitrogens with zero attached hydrogens (tertiary/aromatic N) is 1. The van der Waals surface area contributed by atoms with Gasteiger partial charge in [0.05, 0.1) is 0 Å². The Morgan fingerprint density at radius 2 is 1.33 bits per heavy atom. The minimum Gasteiger partial charge on any atom is -0.512 e. The molecule has 0 heterocycles. The van der Waals surface area contributed by atoms with Gasteiger partial charge in [0, 0.05) is 32.7 Å². The standard InChI is InChI=1S/C3H7.CN.Y/c1-3-2;1-2;/h3H,1-2H3;;/q2*-1;. The van der Waals surface area contributed by atoms with Crippen LogP contribution in [-0.2, 0) is 32.7 Å². The van der Waals surface area contributed by atoms with Gasteiger partial charge in [0.1, 0.15) is 0 Å². The molecule has 0 saturated heterocycles. The molecule has 33 valence electrons. The molecule has 0 atom stereocenters. The molecule has 0 aliphatic carbocycles. The van der Waals surface area contributed by atoms with Gasteiger partial charge in [-0.1, -0.05) is 0 Å². The van der Waals surface area contributed by atoms with E-state index in [0.29, 0.717) is 0 Å². The van der Waals surface area contributed by atoms with Crippen LogP contribution in [0, 0.1) is 18.3 Å². The van der Waals surface area contributed by atoms with Crippen molar-refractivity contribution >= 4 is 0 Å². The number of hydrogen-bond acceptors (Lipinski definition) is 1. The van der Waals surface area contributed by atoms with E-state index in [1.54, 1.807) is 0 Å². The van der Waals surface area contributed by atoms with Crippen molar-refractivity contribution in [1.82, 2.24) is 0 Å². The third-order valence-corrected chi connectivity index (χ3v) is 0. The zero-order valence-corrected chi connectivity index (χ0v) is 6.94. The summed E-state index contributed by atoms with van der Waals surface area (Å²) in [7, 11) is 0. The SMILES string of the molecule is C[CH-]C.[C-]#N.[Y]. The van der Waals surface area contributed by atoms with Crippen LogP contribution in [0.5, 0.6) is 0 Å². The van der Waals surface area contributed by atoms with Crippen LogP contribution in [0.4, 0.5) is 0 Å². The van der Waals surface area contributed by atoms with E-state index < -0.39 is 0 Å². The Labute approximate surface area is 64.6 Å². The molecule has 0 rings (SSSR count). The molecule has 0 fully saturated rings. The Bertz CT molecular complexity index is 18.8. The van der Waals surface area contributed by atoms with Gasteiger partial charge in [0.25, 0.3) is 0 Å². The van der Waals surface area contributed by atoms with Crippen molar-refractivity contribution in [2.45, 2.75) is 13.8 Å². The molecule has 0 aromatic rings. The van der Waals surface area contributed by atoms with Crippen molar-refractivity contribution in [1.29, 1.82) is 5.26 Å². The molecule has 6 heavy (non-hydrogen) atoms. The van der Waals surface area contributed by atoms with E-state index in [1.807, 2.05) is 20.3 Å². The van der Waals surface area contributed by atoms with E-state index in [4.69, 9.17) is 11.8 Å². The summed E-state index contributed by atoms with van der Waals surface area (Å²) < 4.78 is 0. The molecule has 0 saturated carbocycles. The average Bonchev–Trinajstić information content (AvgIpc) is 1.46. The van der Waals surface area contributed by atoms with E-state index in [9.17, 15) is 0 Å². The van der Waals surface area contributed by atoms with Gasteiger partial charge in [0.15, 0.2) is 0 Å². The molecule has 0 N–H and O–H groups in total. The van der Waals surface area contributed by atoms with Crippen molar-refractivity contribution in [2.75, 3.05) is 0 Å². The second-order valence-electron chi connectivity index (χ2n) is 0.577. The molecule has 0 aliphatic heterocycles. The van der Waals surface area contributed by atoms with Gasteiger partial charge < -0.3 is 18.3 Å². The van der Waals surface area contributed by atoms with E-state index in [1.165, 1.54) is 0 Å². The molecule has 0 bridgehead atoms. The van der Waals surface area contributed by atoms with Gasteiger partial charge in [-0.2, -0.15) is 13.8 Å². The van der Waals surface area contributed by atoms with E-state index in [-0.39, 0.29) is 32.7 Å². The summed E-state index contributed by atoms with van der Waals surface area (Å²) in [5.41, 5.74) is 0. The molecule has 0 aliphatic rings. The molecular weight excluding hydrogens is 151 g/mol. The van der Waals surface area contributed by atoms with Crippen molar-refractivity contribution in [3.05, 3.63) is 13.0 Å². The summed E-state index contributed by atoms with van der Waals surface area (Å²) >= 11 is 0. The van der Waals surface area contributed by atoms with Gasteiger partial charge in [-0.25, -0.2) is 0 Å². The zero-order valence-electron chi connectivity index (χ0n) is 4.10. The van der Waals surface area contributed by atoms with Crippen LogP contribution < -0.4 is 0 Å². The molecule has 2 heteroatoms. The van der Waals surface area contributed by atoms with Crippen molar-refractivity contribution < 1.29 is 32.7 Å². The molecule has 0 aromatic heterocycles. The van der Waals surface area contributed by atoms with Crippen LogP contribution in [0.2, 0.25) is 0 Å². The zero-order chi connectivity index (χ0) is 4.71. The summed E-state index contributed by atoms with van der Waals surface area (Å²) in [6.07, 6.45) is 2.00. The third kappa shape index (κ3) is 168. The molecule has 1 nitrogen and oxygen atoms in total. The first-order valence-corrected chi connectivity index (χ1v) is 1.38. The Hall–Kier alpha value is 0.594. The smallest absolute Gasteiger partial charge is 0 e. The average molecular weight is 158 g/mol. The van der Waals surface area contributed by atoms with Crippen molar-refractivity contribution in [3.63, 3.8) is 0 Å². The fraction of sp³-hybridized carbons (Fsp3) is 0.500. The Morgan fingerprint density at radius 3 is 1.33 bits per heavy atom. The van der Waals surface area contributed by atoms with Crippen LogP contribution in [0.1, 0.15) is 13.8 Å². The monoisotopic (exact) mass is 158 g/mol. The first kappa shape index (κ1) is 16.0. The normalized spacial score (nSPS) is 3.33. The summed E-state index contributed by atoms with van der Waals surface area (Å²) in [5.74, 6) is 0. The van der Waals surface area contributed by atoms with Crippen molar-refractivity contribution in [2.24, 2.45) is 0 Å². The van der Waals surface area contributed by atoms with Gasteiger partial charge in [-0.15, -0.1) is 0 Å². The minimum absolute atomic E-state index is 0. The third-order valence-electron chi connectivity index (χ3n) is 0. The Kier molecular flexibility index (Phi) is 124. The Morgan fingerprint density at radius 1 is 1.33 bits per heavy atom. The van der Waals surface area contributed by atoms with E-state index in [2.05, 4.69) is 0 Å². The van der Waals surface area contributed by atoms with Gasteiger partial charge >= 0.3 is 0 Å². The second kappa shape index (κ2) is 46.5. The summed E-state index contributed by atoms with van der Waals surface area (Å²) in [6, 6.07) is 0. The second-order valence-corrected chi connectivity index (χ2v) is 0.577. The maximum absolute atomic E-state index is 6.25. The fourth-order valence-corrected chi connectivity index (χ4v) is 0. The molecule has 0 aromatic carbocycles. The van der Waals surface area contributed by atoms with Crippen LogP contribution in [-0.4, -0.2) is 0 Å². The molecule has 0 amide bonds. The number of rotatable bonds is 0. The van der Waals surface area contributed by atoms with Crippen LogP contribution in [0.25, 0.3) is 0 Å². The van der Waals surface area contributed by atoms with Gasteiger partial charge in [-0.05, 0) is 0 Å². The van der Waals surface area contributed by atoms with Crippen LogP contribution in [0.3, 0.4) is 0 Å². The fourth-order valence-electron chi connectivity index (χ4n) is 0. The predicted molar refractivity (Wildman–Crippen MR) is 20.6 cm³/mol. The van der Waals surface area contributed by atoms with Gasteiger partial charge in [-0.3, -0.25) is 0 Å². The molecule has 0 unspecified atom stereocenters. The predicted octanol–water partition coefficient (Wildman–Crippen LogP) is 1.32. The summed E-state index contributed by atoms with van der Waals surface area (Å²) in [5, 5.41) is 6.25. The maximum atomic E-state index is 6.25. The van der Waals surface area contributed by atoms with Crippen molar-refractivity contribution in [3.8, 4) is 0 Å². The Balaban J connectivity index is -0.0000000275. The molecular formula is C4H7NY-2. The summed E-state index contributed by atoms with van der Waals surface area (Å²) in [6.45, 7) is 8.75. The quantitative estimate of drug-likeness (QED) is 0.487. The maximum Gasteiger partial charge on any atom is 0 e. The van der Waals surface area contributed by atoms with Crippen LogP contribution in [0.15, 0.2) is 0 Å². The minimum atomic E-state index is 0.